The van der Waals surface area contributed by atoms with Crippen LogP contribution < -0.4 is 10.6 Å². The van der Waals surface area contributed by atoms with Gasteiger partial charge in [-0.1, -0.05) is 38.8 Å². The molecule has 1 aliphatic rings. The molecule has 1 aliphatic carbocycles. The fourth-order valence-corrected chi connectivity index (χ4v) is 7.41. The molecule has 2 aromatic rings. The van der Waals surface area contributed by atoms with Gasteiger partial charge in [-0.15, -0.1) is 0 Å². The topological polar surface area (TPSA) is 113 Å². The number of carbonyl (C=O) groups is 1. The van der Waals surface area contributed by atoms with Crippen LogP contribution in [0.5, 0.6) is 0 Å². The summed E-state index contributed by atoms with van der Waals surface area (Å²) in [4.78, 5) is 12.8. The van der Waals surface area contributed by atoms with Gasteiger partial charge in [-0.2, -0.15) is 4.31 Å². The van der Waals surface area contributed by atoms with Gasteiger partial charge in [-0.05, 0) is 49.2 Å². The molecule has 10 heteroatoms. The van der Waals surface area contributed by atoms with Crippen molar-refractivity contribution in [1.29, 1.82) is 0 Å². The standard InChI is InChI=1S/C23H31N3O5S2/c1-3-26(4-2)33(30,31)22-14-8-10-19(16-22)25-23(27)17-24-18-9-7-13-21(15-18)32(28,29)20-11-5-6-12-20/h7-10,13-16,20,24H,3-6,11-12,17H2,1-2H3,(H,25,27). The number of amides is 1. The maximum Gasteiger partial charge on any atom is 0.243 e. The number of sulfone groups is 1. The number of nitrogens with one attached hydrogen (secondary N) is 2. The van der Waals surface area contributed by atoms with E-state index in [-0.39, 0.29) is 27.5 Å². The first kappa shape index (κ1) is 25.2. The van der Waals surface area contributed by atoms with Gasteiger partial charge in [0.25, 0.3) is 0 Å². The number of hydrogen-bond donors (Lipinski definition) is 2. The number of rotatable bonds is 10. The van der Waals surface area contributed by atoms with E-state index in [9.17, 15) is 21.6 Å². The molecule has 1 saturated carbocycles. The third kappa shape index (κ3) is 5.93. The van der Waals surface area contributed by atoms with E-state index >= 15 is 0 Å². The first-order chi connectivity index (χ1) is 15.7. The number of carbonyl (C=O) groups excluding carboxylic acids is 1. The molecule has 3 rings (SSSR count). The average Bonchev–Trinajstić information content (AvgIpc) is 3.35. The number of benzene rings is 2. The molecule has 180 valence electrons. The Balaban J connectivity index is 1.65. The number of nitrogens with zero attached hydrogens (tertiary/aromatic N) is 1. The van der Waals surface area contributed by atoms with Crippen molar-refractivity contribution in [2.24, 2.45) is 0 Å². The van der Waals surface area contributed by atoms with Crippen molar-refractivity contribution >= 4 is 37.1 Å². The monoisotopic (exact) mass is 493 g/mol. The molecule has 0 unspecified atom stereocenters. The predicted molar refractivity (Wildman–Crippen MR) is 130 cm³/mol. The van der Waals surface area contributed by atoms with E-state index in [1.807, 2.05) is 0 Å². The molecule has 8 nitrogen and oxygen atoms in total. The fraction of sp³-hybridized carbons (Fsp3) is 0.435. The first-order valence-electron chi connectivity index (χ1n) is 11.2. The lowest BCUT2D eigenvalue weighted by molar-refractivity contribution is -0.114. The van der Waals surface area contributed by atoms with Crippen molar-refractivity contribution in [1.82, 2.24) is 4.31 Å². The van der Waals surface area contributed by atoms with Crippen LogP contribution in [0.15, 0.2) is 58.3 Å². The molecular weight excluding hydrogens is 462 g/mol. The van der Waals surface area contributed by atoms with Crippen LogP contribution in [0, 0.1) is 0 Å². The van der Waals surface area contributed by atoms with Gasteiger partial charge in [0.2, 0.25) is 15.9 Å². The minimum Gasteiger partial charge on any atom is -0.376 e. The van der Waals surface area contributed by atoms with Crippen molar-refractivity contribution in [2.75, 3.05) is 30.3 Å². The third-order valence-electron chi connectivity index (χ3n) is 5.82. The molecule has 0 atom stereocenters. The smallest absolute Gasteiger partial charge is 0.243 e. The number of anilines is 2. The highest BCUT2D eigenvalue weighted by molar-refractivity contribution is 7.92. The Morgan fingerprint density at radius 3 is 2.12 bits per heavy atom. The maximum atomic E-state index is 12.8. The minimum atomic E-state index is -3.63. The molecule has 0 spiro atoms. The zero-order valence-corrected chi connectivity index (χ0v) is 20.6. The molecule has 1 fully saturated rings. The fourth-order valence-electron chi connectivity index (χ4n) is 4.01. The lowest BCUT2D eigenvalue weighted by Crippen LogP contribution is -2.30. The largest absolute Gasteiger partial charge is 0.376 e. The molecule has 0 saturated heterocycles. The molecule has 2 aromatic carbocycles. The highest BCUT2D eigenvalue weighted by Crippen LogP contribution is 2.30. The van der Waals surface area contributed by atoms with Crippen LogP contribution in [0.2, 0.25) is 0 Å². The number of hydrogen-bond acceptors (Lipinski definition) is 6. The van der Waals surface area contributed by atoms with Crippen LogP contribution in [0.25, 0.3) is 0 Å². The lowest BCUT2D eigenvalue weighted by atomic mass is 10.3. The molecule has 1 amide bonds. The SMILES string of the molecule is CCN(CC)S(=O)(=O)c1cccc(NC(=O)CNc2cccc(S(=O)(=O)C3CCCC3)c2)c1. The summed E-state index contributed by atoms with van der Waals surface area (Å²) < 4.78 is 52.4. The van der Waals surface area contributed by atoms with E-state index < -0.39 is 19.9 Å². The van der Waals surface area contributed by atoms with E-state index in [2.05, 4.69) is 10.6 Å². The van der Waals surface area contributed by atoms with Crippen molar-refractivity contribution in [2.45, 2.75) is 54.6 Å². The predicted octanol–water partition coefficient (Wildman–Crippen LogP) is 3.48. The van der Waals surface area contributed by atoms with Gasteiger partial charge in [-0.3, -0.25) is 4.79 Å². The van der Waals surface area contributed by atoms with Gasteiger partial charge in [0.15, 0.2) is 9.84 Å². The summed E-state index contributed by atoms with van der Waals surface area (Å²) >= 11 is 0. The van der Waals surface area contributed by atoms with E-state index in [0.717, 1.165) is 12.8 Å². The molecule has 0 aromatic heterocycles. The molecule has 2 N–H and O–H groups in total. The Morgan fingerprint density at radius 2 is 1.48 bits per heavy atom. The Kier molecular flexibility index (Phi) is 8.14. The zero-order valence-electron chi connectivity index (χ0n) is 19.0. The van der Waals surface area contributed by atoms with Crippen molar-refractivity contribution in [3.05, 3.63) is 48.5 Å². The highest BCUT2D eigenvalue weighted by Gasteiger charge is 2.30. The second-order valence-corrected chi connectivity index (χ2v) is 12.2. The minimum absolute atomic E-state index is 0.0973. The first-order valence-corrected chi connectivity index (χ1v) is 14.1. The summed E-state index contributed by atoms with van der Waals surface area (Å²) in [5, 5.41) is 5.30. The quantitative estimate of drug-likeness (QED) is 0.524. The van der Waals surface area contributed by atoms with E-state index in [1.165, 1.54) is 16.4 Å². The van der Waals surface area contributed by atoms with E-state index in [0.29, 0.717) is 37.3 Å². The number of sulfonamides is 1. The molecule has 0 aliphatic heterocycles. The highest BCUT2D eigenvalue weighted by atomic mass is 32.2. The average molecular weight is 494 g/mol. The van der Waals surface area contributed by atoms with Crippen molar-refractivity contribution < 1.29 is 21.6 Å². The molecule has 33 heavy (non-hydrogen) atoms. The maximum absolute atomic E-state index is 12.8. The normalized spacial score (nSPS) is 15.0. The van der Waals surface area contributed by atoms with Gasteiger partial charge in [-0.25, -0.2) is 16.8 Å². The van der Waals surface area contributed by atoms with Crippen molar-refractivity contribution in [3.8, 4) is 0 Å². The van der Waals surface area contributed by atoms with Crippen LogP contribution in [0.4, 0.5) is 11.4 Å². The summed E-state index contributed by atoms with van der Waals surface area (Å²) in [6.45, 7) is 4.16. The van der Waals surface area contributed by atoms with Crippen LogP contribution >= 0.6 is 0 Å². The lowest BCUT2D eigenvalue weighted by Gasteiger charge is -2.19. The summed E-state index contributed by atoms with van der Waals surface area (Å²) in [6, 6.07) is 12.6. The van der Waals surface area contributed by atoms with Gasteiger partial charge < -0.3 is 10.6 Å². The Hall–Kier alpha value is -2.43. The van der Waals surface area contributed by atoms with Crippen molar-refractivity contribution in [3.63, 3.8) is 0 Å². The van der Waals surface area contributed by atoms with Crippen LogP contribution in [0.3, 0.4) is 0 Å². The second kappa shape index (κ2) is 10.7. The second-order valence-electron chi connectivity index (χ2n) is 8.00. The summed E-state index contributed by atoms with van der Waals surface area (Å²) in [7, 11) is -7.01. The Labute approximate surface area is 196 Å². The van der Waals surface area contributed by atoms with Crippen LogP contribution in [-0.2, 0) is 24.7 Å². The van der Waals surface area contributed by atoms with E-state index in [1.54, 1.807) is 50.2 Å². The van der Waals surface area contributed by atoms with Gasteiger partial charge >= 0.3 is 0 Å². The Morgan fingerprint density at radius 1 is 0.909 bits per heavy atom. The van der Waals surface area contributed by atoms with Crippen LogP contribution in [-0.4, -0.2) is 51.9 Å². The Bertz CT molecular complexity index is 1190. The van der Waals surface area contributed by atoms with Gasteiger partial charge in [0.1, 0.15) is 0 Å². The summed E-state index contributed by atoms with van der Waals surface area (Å²) in [6.07, 6.45) is 3.23. The van der Waals surface area contributed by atoms with Gasteiger partial charge in [0, 0.05) is 24.5 Å². The molecule has 0 heterocycles. The molecular formula is C23H31N3O5S2. The van der Waals surface area contributed by atoms with Crippen LogP contribution in [0.1, 0.15) is 39.5 Å². The zero-order chi connectivity index (χ0) is 24.1. The summed E-state index contributed by atoms with van der Waals surface area (Å²) in [5.41, 5.74) is 0.898. The summed E-state index contributed by atoms with van der Waals surface area (Å²) in [5.74, 6) is -0.378. The molecule has 0 radical (unpaired) electrons. The third-order valence-corrected chi connectivity index (χ3v) is 10.1. The van der Waals surface area contributed by atoms with Gasteiger partial charge in [0.05, 0.1) is 21.6 Å². The molecule has 0 bridgehead atoms. The van der Waals surface area contributed by atoms with E-state index in [4.69, 9.17) is 0 Å².